The highest BCUT2D eigenvalue weighted by Crippen LogP contribution is 2.22. The molecule has 0 saturated carbocycles. The maximum atomic E-state index is 12.0. The van der Waals surface area contributed by atoms with Gasteiger partial charge in [-0.15, -0.1) is 0 Å². The number of alkyl halides is 3. The first-order valence-electron chi connectivity index (χ1n) is 4.11. The number of Topliss-reactive ketones (excluding diaryl/α,β-unsaturated/α-hetero) is 1. The normalized spacial score (nSPS) is 12.1. The maximum Gasteiger partial charge on any atom is 0.454 e. The van der Waals surface area contributed by atoms with E-state index in [1.54, 1.807) is 4.57 Å². The van der Waals surface area contributed by atoms with Crippen molar-refractivity contribution in [1.29, 1.82) is 0 Å². The molecule has 0 aliphatic rings. The van der Waals surface area contributed by atoms with Crippen LogP contribution in [-0.4, -0.2) is 16.5 Å². The molecular formula is C9H10F3NO. The van der Waals surface area contributed by atoms with E-state index in [0.717, 1.165) is 0 Å². The van der Waals surface area contributed by atoms with Crippen LogP contribution in [-0.2, 0) is 0 Å². The van der Waals surface area contributed by atoms with Gasteiger partial charge in [-0.1, -0.05) is 0 Å². The van der Waals surface area contributed by atoms with Crippen LogP contribution >= 0.6 is 0 Å². The number of rotatable bonds is 2. The molecule has 0 aromatic carbocycles. The third kappa shape index (κ3) is 2.16. The fourth-order valence-corrected chi connectivity index (χ4v) is 1.03. The summed E-state index contributed by atoms with van der Waals surface area (Å²) in [5.41, 5.74) is -0.314. The largest absolute Gasteiger partial charge is 0.454 e. The lowest BCUT2D eigenvalue weighted by Crippen LogP contribution is -2.22. The molecule has 0 bridgehead atoms. The second kappa shape index (κ2) is 3.48. The average Bonchev–Trinajstić information content (AvgIpc) is 2.48. The van der Waals surface area contributed by atoms with Crippen molar-refractivity contribution in [1.82, 2.24) is 4.57 Å². The SMILES string of the molecule is CC(C)n1ccc(C(=O)C(F)(F)F)c1. The molecule has 0 aliphatic carbocycles. The summed E-state index contributed by atoms with van der Waals surface area (Å²) in [6.45, 7) is 3.64. The number of hydrogen-bond acceptors (Lipinski definition) is 1. The van der Waals surface area contributed by atoms with E-state index in [4.69, 9.17) is 0 Å². The second-order valence-electron chi connectivity index (χ2n) is 3.27. The smallest absolute Gasteiger partial charge is 0.351 e. The highest BCUT2D eigenvalue weighted by Gasteiger charge is 2.39. The topological polar surface area (TPSA) is 22.0 Å². The fraction of sp³-hybridized carbons (Fsp3) is 0.444. The molecule has 0 radical (unpaired) electrons. The molecule has 78 valence electrons. The van der Waals surface area contributed by atoms with E-state index in [1.165, 1.54) is 18.5 Å². The third-order valence-corrected chi connectivity index (χ3v) is 1.83. The number of carbonyl (C=O) groups is 1. The summed E-state index contributed by atoms with van der Waals surface area (Å²) in [5.74, 6) is -1.79. The van der Waals surface area contributed by atoms with Gasteiger partial charge in [0.25, 0.3) is 5.78 Å². The Bertz CT molecular complexity index is 338. The molecule has 2 nitrogen and oxygen atoms in total. The first kappa shape index (κ1) is 10.8. The van der Waals surface area contributed by atoms with Gasteiger partial charge < -0.3 is 4.57 Å². The second-order valence-corrected chi connectivity index (χ2v) is 3.27. The minimum atomic E-state index is -4.79. The van der Waals surface area contributed by atoms with Crippen LogP contribution in [0.15, 0.2) is 18.5 Å². The standard InChI is InChI=1S/C9H10F3NO/c1-6(2)13-4-3-7(5-13)8(14)9(10,11)12/h3-6H,1-2H3. The summed E-state index contributed by atoms with van der Waals surface area (Å²) in [6.07, 6.45) is -2.12. The quantitative estimate of drug-likeness (QED) is 0.680. The third-order valence-electron chi connectivity index (χ3n) is 1.83. The monoisotopic (exact) mass is 205 g/mol. The molecule has 0 amide bonds. The molecule has 0 fully saturated rings. The molecule has 1 aromatic heterocycles. The van der Waals surface area contributed by atoms with Crippen molar-refractivity contribution in [3.8, 4) is 0 Å². The van der Waals surface area contributed by atoms with Crippen LogP contribution in [0.5, 0.6) is 0 Å². The summed E-state index contributed by atoms with van der Waals surface area (Å²) in [5, 5.41) is 0. The minimum absolute atomic E-state index is 0.0461. The lowest BCUT2D eigenvalue weighted by molar-refractivity contribution is -0.0885. The summed E-state index contributed by atoms with van der Waals surface area (Å²) < 4.78 is 37.5. The Hall–Kier alpha value is -1.26. The number of carbonyl (C=O) groups excluding carboxylic acids is 1. The van der Waals surface area contributed by atoms with Gasteiger partial charge in [0.15, 0.2) is 0 Å². The molecular weight excluding hydrogens is 195 g/mol. The van der Waals surface area contributed by atoms with Gasteiger partial charge in [0.05, 0.1) is 0 Å². The summed E-state index contributed by atoms with van der Waals surface area (Å²) >= 11 is 0. The Kier molecular flexibility index (Phi) is 2.69. The maximum absolute atomic E-state index is 12.0. The van der Waals surface area contributed by atoms with Crippen molar-refractivity contribution in [3.05, 3.63) is 24.0 Å². The van der Waals surface area contributed by atoms with E-state index in [0.29, 0.717) is 0 Å². The molecule has 0 saturated heterocycles. The molecule has 14 heavy (non-hydrogen) atoms. The zero-order valence-corrected chi connectivity index (χ0v) is 7.80. The molecule has 1 rings (SSSR count). The number of aromatic nitrogens is 1. The number of nitrogens with zero attached hydrogens (tertiary/aromatic N) is 1. The van der Waals surface area contributed by atoms with E-state index < -0.39 is 12.0 Å². The molecule has 0 aliphatic heterocycles. The van der Waals surface area contributed by atoms with Gasteiger partial charge >= 0.3 is 6.18 Å². The van der Waals surface area contributed by atoms with Crippen molar-refractivity contribution in [2.75, 3.05) is 0 Å². The first-order valence-corrected chi connectivity index (χ1v) is 4.11. The van der Waals surface area contributed by atoms with Crippen molar-refractivity contribution in [2.45, 2.75) is 26.1 Å². The van der Waals surface area contributed by atoms with Gasteiger partial charge in [0.2, 0.25) is 0 Å². The lowest BCUT2D eigenvalue weighted by Gasteiger charge is -2.05. The van der Waals surface area contributed by atoms with Crippen LogP contribution in [0.1, 0.15) is 30.2 Å². The van der Waals surface area contributed by atoms with Crippen LogP contribution < -0.4 is 0 Å². The molecule has 0 atom stereocenters. The first-order chi connectivity index (χ1) is 6.32. The van der Waals surface area contributed by atoms with E-state index in [2.05, 4.69) is 0 Å². The van der Waals surface area contributed by atoms with E-state index in [1.807, 2.05) is 13.8 Å². The van der Waals surface area contributed by atoms with Gasteiger partial charge in [-0.25, -0.2) is 0 Å². The van der Waals surface area contributed by atoms with Gasteiger partial charge in [-0.3, -0.25) is 4.79 Å². The Labute approximate surface area is 79.3 Å². The molecule has 1 aromatic rings. The Morgan fingerprint density at radius 3 is 2.36 bits per heavy atom. The Morgan fingerprint density at radius 2 is 2.00 bits per heavy atom. The summed E-state index contributed by atoms with van der Waals surface area (Å²) in [4.78, 5) is 10.8. The molecule has 5 heteroatoms. The lowest BCUT2D eigenvalue weighted by atomic mass is 10.2. The Morgan fingerprint density at radius 1 is 1.43 bits per heavy atom. The van der Waals surface area contributed by atoms with Crippen LogP contribution in [0.3, 0.4) is 0 Å². The highest BCUT2D eigenvalue weighted by atomic mass is 19.4. The van der Waals surface area contributed by atoms with Crippen molar-refractivity contribution < 1.29 is 18.0 Å². The molecule has 0 N–H and O–H groups in total. The summed E-state index contributed by atoms with van der Waals surface area (Å²) in [7, 11) is 0. The van der Waals surface area contributed by atoms with Gasteiger partial charge in [0.1, 0.15) is 0 Å². The van der Waals surface area contributed by atoms with Crippen LogP contribution in [0.4, 0.5) is 13.2 Å². The van der Waals surface area contributed by atoms with Gasteiger partial charge in [-0.2, -0.15) is 13.2 Å². The van der Waals surface area contributed by atoms with Gasteiger partial charge in [0, 0.05) is 24.0 Å². The van der Waals surface area contributed by atoms with Crippen LogP contribution in [0.2, 0.25) is 0 Å². The molecule has 1 heterocycles. The number of halogens is 3. The number of hydrogen-bond donors (Lipinski definition) is 0. The number of ketones is 1. The van der Waals surface area contributed by atoms with E-state index >= 15 is 0 Å². The summed E-state index contributed by atoms with van der Waals surface area (Å²) in [6, 6.07) is 1.22. The van der Waals surface area contributed by atoms with E-state index in [-0.39, 0.29) is 11.6 Å². The van der Waals surface area contributed by atoms with Gasteiger partial charge in [-0.05, 0) is 19.9 Å². The van der Waals surface area contributed by atoms with Crippen LogP contribution in [0.25, 0.3) is 0 Å². The zero-order valence-electron chi connectivity index (χ0n) is 7.80. The van der Waals surface area contributed by atoms with Crippen LogP contribution in [0, 0.1) is 0 Å². The zero-order chi connectivity index (χ0) is 10.9. The van der Waals surface area contributed by atoms with Crippen molar-refractivity contribution >= 4 is 5.78 Å². The average molecular weight is 205 g/mol. The van der Waals surface area contributed by atoms with E-state index in [9.17, 15) is 18.0 Å². The predicted octanol–water partition coefficient (Wildman–Crippen LogP) is 2.81. The van der Waals surface area contributed by atoms with Crippen molar-refractivity contribution in [3.63, 3.8) is 0 Å². The Balaban J connectivity index is 2.93. The highest BCUT2D eigenvalue weighted by molar-refractivity contribution is 6.00. The van der Waals surface area contributed by atoms with Crippen molar-refractivity contribution in [2.24, 2.45) is 0 Å². The molecule has 0 unspecified atom stereocenters. The minimum Gasteiger partial charge on any atom is -0.351 e. The fourth-order valence-electron chi connectivity index (χ4n) is 1.03. The molecule has 0 spiro atoms. The predicted molar refractivity (Wildman–Crippen MR) is 45.2 cm³/mol.